The highest BCUT2D eigenvalue weighted by Gasteiger charge is 2.61. The third-order valence-electron chi connectivity index (χ3n) is 6.77. The van der Waals surface area contributed by atoms with Crippen molar-refractivity contribution in [2.24, 2.45) is 0 Å². The number of aryl methyl sites for hydroxylation is 5. The highest BCUT2D eigenvalue weighted by atomic mass is 32.2. The summed E-state index contributed by atoms with van der Waals surface area (Å²) in [5.41, 5.74) is 7.97. The molecule has 0 aromatic heterocycles. The van der Waals surface area contributed by atoms with Crippen molar-refractivity contribution in [2.45, 2.75) is 39.5 Å². The normalized spacial score (nSPS) is 18.8. The fourth-order valence-corrected chi connectivity index (χ4v) is 6.85. The van der Waals surface area contributed by atoms with Crippen LogP contribution in [-0.2, 0) is 19.3 Å². The molecular formula is C29H29N3O3S. The maximum Gasteiger partial charge on any atom is 0.269 e. The average Bonchev–Trinajstić information content (AvgIpc) is 3.26. The van der Waals surface area contributed by atoms with Gasteiger partial charge in [0.1, 0.15) is 6.54 Å². The first kappa shape index (κ1) is 24.1. The lowest BCUT2D eigenvalue weighted by molar-refractivity contribution is -0.124. The van der Waals surface area contributed by atoms with E-state index in [0.29, 0.717) is 11.4 Å². The van der Waals surface area contributed by atoms with Gasteiger partial charge in [-0.2, -0.15) is 0 Å². The Morgan fingerprint density at radius 3 is 2.19 bits per heavy atom. The first-order valence-electron chi connectivity index (χ1n) is 12.0. The Morgan fingerprint density at radius 2 is 1.53 bits per heavy atom. The predicted octanol–water partition coefficient (Wildman–Crippen LogP) is 5.15. The smallest absolute Gasteiger partial charge is 0.269 e. The quantitative estimate of drug-likeness (QED) is 0.539. The van der Waals surface area contributed by atoms with Crippen LogP contribution in [0.3, 0.4) is 0 Å². The number of hydrogen-bond acceptors (Lipinski definition) is 4. The molecule has 0 unspecified atom stereocenters. The molecule has 1 saturated heterocycles. The average molecular weight is 500 g/mol. The Balaban J connectivity index is 1.53. The van der Waals surface area contributed by atoms with E-state index in [2.05, 4.69) is 5.32 Å². The number of thioether (sulfide) groups is 1. The number of para-hydroxylation sites is 1. The van der Waals surface area contributed by atoms with E-state index in [1.807, 2.05) is 89.2 Å². The molecular weight excluding hydrogens is 470 g/mol. The fourth-order valence-electron chi connectivity index (χ4n) is 5.49. The second-order valence-corrected chi connectivity index (χ2v) is 10.9. The van der Waals surface area contributed by atoms with Gasteiger partial charge in [0.05, 0.1) is 11.4 Å². The molecule has 1 atom stereocenters. The van der Waals surface area contributed by atoms with Gasteiger partial charge in [0.25, 0.3) is 5.91 Å². The summed E-state index contributed by atoms with van der Waals surface area (Å²) in [6, 6.07) is 17.4. The molecule has 1 spiro atoms. The third kappa shape index (κ3) is 3.78. The SMILES string of the molecule is Cc1cc(C)cc(N2C(=O)CS[C@@]23C(=O)N(CC(=O)Nc2c(C)cc(C)cc2C)c2ccccc23)c1. The van der Waals surface area contributed by atoms with Crippen molar-refractivity contribution < 1.29 is 14.4 Å². The van der Waals surface area contributed by atoms with Crippen molar-refractivity contribution >= 4 is 46.5 Å². The Bertz CT molecular complexity index is 1390. The van der Waals surface area contributed by atoms with E-state index in [4.69, 9.17) is 0 Å². The molecule has 2 aliphatic heterocycles. The number of rotatable bonds is 4. The minimum Gasteiger partial charge on any atom is -0.324 e. The van der Waals surface area contributed by atoms with Gasteiger partial charge in [-0.3, -0.25) is 24.2 Å². The number of amides is 3. The number of nitrogens with zero attached hydrogens (tertiary/aromatic N) is 2. The molecule has 5 rings (SSSR count). The maximum absolute atomic E-state index is 14.2. The van der Waals surface area contributed by atoms with Gasteiger partial charge in [-0.25, -0.2) is 0 Å². The number of fused-ring (bicyclic) bond motifs is 2. The van der Waals surface area contributed by atoms with Crippen LogP contribution >= 0.6 is 11.8 Å². The van der Waals surface area contributed by atoms with Crippen LogP contribution in [0.1, 0.15) is 33.4 Å². The molecule has 2 heterocycles. The third-order valence-corrected chi connectivity index (χ3v) is 8.16. The number of benzene rings is 3. The van der Waals surface area contributed by atoms with Crippen LogP contribution in [-0.4, -0.2) is 30.0 Å². The van der Waals surface area contributed by atoms with Crippen LogP contribution in [0.25, 0.3) is 0 Å². The van der Waals surface area contributed by atoms with Crippen molar-refractivity contribution in [3.63, 3.8) is 0 Å². The summed E-state index contributed by atoms with van der Waals surface area (Å²) in [7, 11) is 0. The van der Waals surface area contributed by atoms with Gasteiger partial charge in [-0.1, -0.05) is 42.0 Å². The highest BCUT2D eigenvalue weighted by Crippen LogP contribution is 2.55. The van der Waals surface area contributed by atoms with Gasteiger partial charge in [0, 0.05) is 16.9 Å². The van der Waals surface area contributed by atoms with E-state index in [0.717, 1.165) is 39.1 Å². The van der Waals surface area contributed by atoms with Crippen molar-refractivity contribution in [1.82, 2.24) is 0 Å². The van der Waals surface area contributed by atoms with Crippen molar-refractivity contribution in [2.75, 3.05) is 27.4 Å². The number of hydrogen-bond donors (Lipinski definition) is 1. The Morgan fingerprint density at radius 1 is 0.917 bits per heavy atom. The lowest BCUT2D eigenvalue weighted by Gasteiger charge is -2.33. The maximum atomic E-state index is 14.2. The van der Waals surface area contributed by atoms with Gasteiger partial charge >= 0.3 is 0 Å². The number of carbonyl (C=O) groups is 3. The van der Waals surface area contributed by atoms with Crippen LogP contribution in [0.15, 0.2) is 54.6 Å². The molecule has 7 heteroatoms. The van der Waals surface area contributed by atoms with Crippen LogP contribution < -0.4 is 15.1 Å². The first-order chi connectivity index (χ1) is 17.1. The summed E-state index contributed by atoms with van der Waals surface area (Å²) < 4.78 is 0. The van der Waals surface area contributed by atoms with Crippen LogP contribution in [0.2, 0.25) is 0 Å². The van der Waals surface area contributed by atoms with E-state index in [1.165, 1.54) is 16.7 Å². The van der Waals surface area contributed by atoms with Gasteiger partial charge in [-0.05, 0) is 75.1 Å². The monoisotopic (exact) mass is 499 g/mol. The van der Waals surface area contributed by atoms with Crippen LogP contribution in [0, 0.1) is 34.6 Å². The highest BCUT2D eigenvalue weighted by molar-refractivity contribution is 8.02. The number of carbonyl (C=O) groups excluding carboxylic acids is 3. The fraction of sp³-hybridized carbons (Fsp3) is 0.276. The summed E-state index contributed by atoms with van der Waals surface area (Å²) in [6.07, 6.45) is 0. The van der Waals surface area contributed by atoms with Crippen molar-refractivity contribution in [1.29, 1.82) is 0 Å². The minimum atomic E-state index is -1.23. The molecule has 0 bridgehead atoms. The molecule has 3 aromatic carbocycles. The topological polar surface area (TPSA) is 69.7 Å². The lowest BCUT2D eigenvalue weighted by Crippen LogP contribution is -2.51. The van der Waals surface area contributed by atoms with E-state index >= 15 is 0 Å². The minimum absolute atomic E-state index is 0.120. The second kappa shape index (κ2) is 8.82. The summed E-state index contributed by atoms with van der Waals surface area (Å²) in [5, 5.41) is 3.01. The van der Waals surface area contributed by atoms with Crippen molar-refractivity contribution in [3.8, 4) is 0 Å². The molecule has 0 radical (unpaired) electrons. The molecule has 3 amide bonds. The lowest BCUT2D eigenvalue weighted by atomic mass is 10.0. The van der Waals surface area contributed by atoms with Gasteiger partial charge < -0.3 is 5.32 Å². The van der Waals surface area contributed by atoms with Gasteiger partial charge in [0.2, 0.25) is 16.7 Å². The van der Waals surface area contributed by atoms with E-state index in [-0.39, 0.29) is 30.0 Å². The Labute approximate surface area is 215 Å². The summed E-state index contributed by atoms with van der Waals surface area (Å²) in [6.45, 7) is 9.76. The summed E-state index contributed by atoms with van der Waals surface area (Å²) in [5.74, 6) is -0.483. The second-order valence-electron chi connectivity index (χ2n) is 9.74. The van der Waals surface area contributed by atoms with Crippen molar-refractivity contribution in [3.05, 3.63) is 88.0 Å². The van der Waals surface area contributed by atoms with E-state index in [1.54, 1.807) is 4.90 Å². The van der Waals surface area contributed by atoms with Gasteiger partial charge in [-0.15, -0.1) is 11.8 Å². The van der Waals surface area contributed by atoms with Crippen LogP contribution in [0.5, 0.6) is 0 Å². The molecule has 0 saturated carbocycles. The number of anilines is 3. The zero-order chi connectivity index (χ0) is 25.8. The first-order valence-corrected chi connectivity index (χ1v) is 12.9. The van der Waals surface area contributed by atoms with Crippen LogP contribution in [0.4, 0.5) is 17.1 Å². The molecule has 2 aliphatic rings. The summed E-state index contributed by atoms with van der Waals surface area (Å²) in [4.78, 5) is 42.6. The molecule has 3 aromatic rings. The predicted molar refractivity (Wildman–Crippen MR) is 146 cm³/mol. The summed E-state index contributed by atoms with van der Waals surface area (Å²) >= 11 is 1.32. The molecule has 184 valence electrons. The molecule has 1 N–H and O–H groups in total. The largest absolute Gasteiger partial charge is 0.324 e. The molecule has 36 heavy (non-hydrogen) atoms. The van der Waals surface area contributed by atoms with Gasteiger partial charge in [0.15, 0.2) is 0 Å². The van der Waals surface area contributed by atoms with E-state index < -0.39 is 4.87 Å². The molecule has 0 aliphatic carbocycles. The Hall–Kier alpha value is -3.58. The Kier molecular flexibility index (Phi) is 5.91. The molecule has 1 fully saturated rings. The molecule has 6 nitrogen and oxygen atoms in total. The zero-order valence-electron chi connectivity index (χ0n) is 21.1. The van der Waals surface area contributed by atoms with E-state index in [9.17, 15) is 14.4 Å². The number of nitrogens with one attached hydrogen (secondary N) is 1. The standard InChI is InChI=1S/C29H29N3O3S/c1-17-10-18(2)14-22(13-17)32-26(34)16-36-29(32)23-8-6-7-9-24(23)31(28(29)35)15-25(33)30-27-20(4)11-19(3)12-21(27)5/h6-14H,15-16H2,1-5H3,(H,30,33)/t29-/m0/s1. The zero-order valence-corrected chi connectivity index (χ0v) is 22.0.